The highest BCUT2D eigenvalue weighted by Gasteiger charge is 2.19. The molecule has 1 atom stereocenters. The first-order valence-electron chi connectivity index (χ1n) is 8.35. The highest BCUT2D eigenvalue weighted by Crippen LogP contribution is 2.22. The number of nitro groups is 1. The van der Waals surface area contributed by atoms with E-state index in [4.69, 9.17) is 4.74 Å². The van der Waals surface area contributed by atoms with Gasteiger partial charge >= 0.3 is 5.97 Å². The van der Waals surface area contributed by atoms with Gasteiger partial charge in [-0.25, -0.2) is 4.79 Å². The number of anilines is 1. The molecule has 0 saturated heterocycles. The minimum Gasteiger partial charge on any atom is -0.454 e. The number of ether oxygens (including phenoxy) is 1. The predicted molar refractivity (Wildman–Crippen MR) is 101 cm³/mol. The van der Waals surface area contributed by atoms with Gasteiger partial charge in [-0.3, -0.25) is 19.7 Å². The largest absolute Gasteiger partial charge is 0.454 e. The van der Waals surface area contributed by atoms with E-state index in [9.17, 15) is 24.5 Å². The van der Waals surface area contributed by atoms with Crippen molar-refractivity contribution in [3.8, 4) is 0 Å². The van der Waals surface area contributed by atoms with E-state index in [1.807, 2.05) is 0 Å². The Bertz CT molecular complexity index is 898. The van der Waals surface area contributed by atoms with Gasteiger partial charge < -0.3 is 15.4 Å². The van der Waals surface area contributed by atoms with Gasteiger partial charge in [-0.15, -0.1) is 0 Å². The molecular weight excluding hydrogens is 366 g/mol. The zero-order valence-electron chi connectivity index (χ0n) is 15.3. The number of amides is 2. The fourth-order valence-electron chi connectivity index (χ4n) is 2.27. The first-order chi connectivity index (χ1) is 13.3. The Hall–Kier alpha value is -3.75. The van der Waals surface area contributed by atoms with Crippen molar-refractivity contribution in [2.45, 2.75) is 19.9 Å². The number of rotatable bonds is 7. The monoisotopic (exact) mass is 385 g/mol. The lowest BCUT2D eigenvalue weighted by Gasteiger charge is -2.13. The van der Waals surface area contributed by atoms with Crippen LogP contribution in [0.4, 0.5) is 11.4 Å². The summed E-state index contributed by atoms with van der Waals surface area (Å²) < 4.78 is 4.88. The van der Waals surface area contributed by atoms with Gasteiger partial charge in [0.1, 0.15) is 6.04 Å². The van der Waals surface area contributed by atoms with Crippen LogP contribution in [-0.2, 0) is 14.3 Å². The van der Waals surface area contributed by atoms with E-state index < -0.39 is 35.4 Å². The number of carbonyl (C=O) groups is 3. The molecule has 2 aromatic carbocycles. The van der Waals surface area contributed by atoms with E-state index in [1.165, 1.54) is 25.1 Å². The van der Waals surface area contributed by atoms with Crippen molar-refractivity contribution in [2.24, 2.45) is 0 Å². The first-order valence-corrected chi connectivity index (χ1v) is 8.35. The average Bonchev–Trinajstić information content (AvgIpc) is 2.67. The first kappa shape index (κ1) is 20.6. The van der Waals surface area contributed by atoms with Crippen LogP contribution in [0.5, 0.6) is 0 Å². The second-order valence-electron chi connectivity index (χ2n) is 5.98. The van der Waals surface area contributed by atoms with E-state index in [-0.39, 0.29) is 11.4 Å². The topological polar surface area (TPSA) is 128 Å². The van der Waals surface area contributed by atoms with Crippen LogP contribution >= 0.6 is 0 Å². The highest BCUT2D eigenvalue weighted by molar-refractivity contribution is 5.97. The standard InChI is InChI=1S/C19H19N3O6/c1-12-8-9-15(10-16(12)22(26)27)21-17(23)11-28-19(25)13(2)20-18(24)14-6-4-3-5-7-14/h3-10,13H,11H2,1-2H3,(H,20,24)(H,21,23)/t13-/m0/s1. The molecule has 9 nitrogen and oxygen atoms in total. The van der Waals surface area contributed by atoms with E-state index in [2.05, 4.69) is 10.6 Å². The van der Waals surface area contributed by atoms with E-state index in [0.29, 0.717) is 11.1 Å². The van der Waals surface area contributed by atoms with Crippen molar-refractivity contribution in [1.82, 2.24) is 5.32 Å². The number of nitrogens with zero attached hydrogens (tertiary/aromatic N) is 1. The summed E-state index contributed by atoms with van der Waals surface area (Å²) >= 11 is 0. The molecule has 2 N–H and O–H groups in total. The van der Waals surface area contributed by atoms with Crippen molar-refractivity contribution in [1.29, 1.82) is 0 Å². The van der Waals surface area contributed by atoms with Gasteiger partial charge in [-0.2, -0.15) is 0 Å². The molecule has 0 aromatic heterocycles. The van der Waals surface area contributed by atoms with Gasteiger partial charge in [0, 0.05) is 22.9 Å². The molecular formula is C19H19N3O6. The molecule has 2 aromatic rings. The third-order valence-corrected chi connectivity index (χ3v) is 3.77. The van der Waals surface area contributed by atoms with Crippen LogP contribution in [0.25, 0.3) is 0 Å². The van der Waals surface area contributed by atoms with Crippen molar-refractivity contribution in [3.05, 3.63) is 69.8 Å². The molecule has 0 aliphatic carbocycles. The molecule has 0 heterocycles. The van der Waals surface area contributed by atoms with Crippen LogP contribution < -0.4 is 10.6 Å². The number of benzene rings is 2. The Kier molecular flexibility index (Phi) is 6.80. The molecule has 0 bridgehead atoms. The fraction of sp³-hybridized carbons (Fsp3) is 0.211. The Labute approximate surface area is 160 Å². The molecule has 28 heavy (non-hydrogen) atoms. The Morgan fingerprint density at radius 3 is 2.46 bits per heavy atom. The van der Waals surface area contributed by atoms with Crippen molar-refractivity contribution < 1.29 is 24.0 Å². The summed E-state index contributed by atoms with van der Waals surface area (Å²) in [7, 11) is 0. The number of hydrogen-bond acceptors (Lipinski definition) is 6. The van der Waals surface area contributed by atoms with Crippen LogP contribution in [0, 0.1) is 17.0 Å². The Morgan fingerprint density at radius 1 is 1.14 bits per heavy atom. The van der Waals surface area contributed by atoms with E-state index in [0.717, 1.165) is 0 Å². The van der Waals surface area contributed by atoms with E-state index in [1.54, 1.807) is 37.3 Å². The predicted octanol–water partition coefficient (Wildman–Crippen LogP) is 2.20. The average molecular weight is 385 g/mol. The number of nitrogens with one attached hydrogen (secondary N) is 2. The SMILES string of the molecule is Cc1ccc(NC(=O)COC(=O)[C@H](C)NC(=O)c2ccccc2)cc1[N+](=O)[O-]. The minimum atomic E-state index is -0.957. The molecule has 0 radical (unpaired) electrons. The molecule has 0 unspecified atom stereocenters. The van der Waals surface area contributed by atoms with Gasteiger partial charge in [-0.05, 0) is 32.0 Å². The van der Waals surface area contributed by atoms with Crippen molar-refractivity contribution in [3.63, 3.8) is 0 Å². The summed E-state index contributed by atoms with van der Waals surface area (Å²) in [6.45, 7) is 2.42. The molecule has 2 amide bonds. The lowest BCUT2D eigenvalue weighted by Crippen LogP contribution is -2.40. The lowest BCUT2D eigenvalue weighted by molar-refractivity contribution is -0.385. The lowest BCUT2D eigenvalue weighted by atomic mass is 10.2. The van der Waals surface area contributed by atoms with Gasteiger partial charge in [0.05, 0.1) is 4.92 Å². The zero-order chi connectivity index (χ0) is 20.7. The zero-order valence-corrected chi connectivity index (χ0v) is 15.3. The molecule has 9 heteroatoms. The second kappa shape index (κ2) is 9.26. The van der Waals surface area contributed by atoms with Crippen molar-refractivity contribution >= 4 is 29.2 Å². The van der Waals surface area contributed by atoms with Crippen LogP contribution in [-0.4, -0.2) is 35.4 Å². The second-order valence-corrected chi connectivity index (χ2v) is 5.98. The summed E-state index contributed by atoms with van der Waals surface area (Å²) in [5.74, 6) is -1.89. The van der Waals surface area contributed by atoms with Crippen molar-refractivity contribution in [2.75, 3.05) is 11.9 Å². The molecule has 0 fully saturated rings. The molecule has 146 valence electrons. The van der Waals surface area contributed by atoms with Crippen LogP contribution in [0.3, 0.4) is 0 Å². The number of hydrogen-bond donors (Lipinski definition) is 2. The van der Waals surface area contributed by atoms with Gasteiger partial charge in [0.25, 0.3) is 17.5 Å². The molecule has 0 aliphatic rings. The third kappa shape index (κ3) is 5.63. The maximum atomic E-state index is 12.0. The number of nitro benzene ring substituents is 1. The van der Waals surface area contributed by atoms with Crippen LogP contribution in [0.15, 0.2) is 48.5 Å². The Balaban J connectivity index is 1.85. The highest BCUT2D eigenvalue weighted by atomic mass is 16.6. The van der Waals surface area contributed by atoms with Crippen LogP contribution in [0.1, 0.15) is 22.8 Å². The molecule has 0 saturated carbocycles. The molecule has 0 spiro atoms. The summed E-state index contributed by atoms with van der Waals surface area (Å²) in [4.78, 5) is 46.2. The summed E-state index contributed by atoms with van der Waals surface area (Å²) in [5, 5.41) is 15.8. The number of esters is 1. The normalized spacial score (nSPS) is 11.2. The molecule has 2 rings (SSSR count). The van der Waals surface area contributed by atoms with Gasteiger partial charge in [0.2, 0.25) is 0 Å². The summed E-state index contributed by atoms with van der Waals surface area (Å²) in [5.41, 5.74) is 0.925. The van der Waals surface area contributed by atoms with Crippen LogP contribution in [0.2, 0.25) is 0 Å². The number of carbonyl (C=O) groups excluding carboxylic acids is 3. The third-order valence-electron chi connectivity index (χ3n) is 3.77. The van der Waals surface area contributed by atoms with Gasteiger partial charge in [0.15, 0.2) is 6.61 Å². The molecule has 0 aliphatic heterocycles. The maximum absolute atomic E-state index is 12.0. The Morgan fingerprint density at radius 2 is 1.82 bits per heavy atom. The summed E-state index contributed by atoms with van der Waals surface area (Å²) in [6.07, 6.45) is 0. The minimum absolute atomic E-state index is 0.132. The fourth-order valence-corrected chi connectivity index (χ4v) is 2.27. The van der Waals surface area contributed by atoms with E-state index >= 15 is 0 Å². The quantitative estimate of drug-likeness (QED) is 0.427. The maximum Gasteiger partial charge on any atom is 0.328 e. The van der Waals surface area contributed by atoms with Gasteiger partial charge in [-0.1, -0.05) is 24.3 Å². The smallest absolute Gasteiger partial charge is 0.328 e. The summed E-state index contributed by atoms with van der Waals surface area (Å²) in [6, 6.07) is 11.6. The number of aryl methyl sites for hydroxylation is 1.